The van der Waals surface area contributed by atoms with E-state index in [9.17, 15) is 4.79 Å². The van der Waals surface area contributed by atoms with Crippen LogP contribution in [0.25, 0.3) is 0 Å². The first kappa shape index (κ1) is 21.1. The van der Waals surface area contributed by atoms with E-state index < -0.39 is 0 Å². The maximum atomic E-state index is 12.1. The van der Waals surface area contributed by atoms with Crippen LogP contribution in [0, 0.1) is 13.8 Å². The van der Waals surface area contributed by atoms with Crippen molar-refractivity contribution in [3.05, 3.63) is 39.3 Å². The zero-order chi connectivity index (χ0) is 20.6. The number of unbranched alkanes of at least 4 members (excludes halogenated alkanes) is 1. The van der Waals surface area contributed by atoms with Gasteiger partial charge in [-0.1, -0.05) is 34.8 Å². The van der Waals surface area contributed by atoms with E-state index in [4.69, 9.17) is 4.74 Å². The van der Waals surface area contributed by atoms with Crippen molar-refractivity contribution in [3.8, 4) is 5.75 Å². The molecule has 2 heterocycles. The van der Waals surface area contributed by atoms with Crippen LogP contribution in [0.4, 0.5) is 10.3 Å². The van der Waals surface area contributed by atoms with E-state index in [-0.39, 0.29) is 12.5 Å². The Morgan fingerprint density at radius 2 is 1.66 bits per heavy atom. The van der Waals surface area contributed by atoms with Crippen molar-refractivity contribution < 1.29 is 9.53 Å². The van der Waals surface area contributed by atoms with Crippen LogP contribution in [-0.2, 0) is 17.6 Å². The summed E-state index contributed by atoms with van der Waals surface area (Å²) in [4.78, 5) is 12.1. The summed E-state index contributed by atoms with van der Waals surface area (Å²) in [5, 5.41) is 25.4. The van der Waals surface area contributed by atoms with Crippen LogP contribution in [0.1, 0.15) is 34.0 Å². The van der Waals surface area contributed by atoms with Crippen molar-refractivity contribution in [1.29, 1.82) is 0 Å². The van der Waals surface area contributed by atoms with Crippen molar-refractivity contribution in [2.45, 2.75) is 39.5 Å². The Balaban J connectivity index is 1.39. The number of anilines is 2. The minimum Gasteiger partial charge on any atom is -0.483 e. The summed E-state index contributed by atoms with van der Waals surface area (Å²) in [6, 6.07) is 5.91. The van der Waals surface area contributed by atoms with Gasteiger partial charge in [-0.15, -0.1) is 20.4 Å². The third kappa shape index (κ3) is 6.47. The molecule has 154 valence electrons. The molecule has 0 saturated carbocycles. The molecule has 0 unspecified atom stereocenters. The Labute approximate surface area is 177 Å². The molecule has 1 aromatic carbocycles. The maximum absolute atomic E-state index is 12.1. The predicted octanol–water partition coefficient (Wildman–Crippen LogP) is 3.63. The van der Waals surface area contributed by atoms with E-state index in [1.54, 1.807) is 11.3 Å². The van der Waals surface area contributed by atoms with Crippen LogP contribution >= 0.6 is 22.7 Å². The second-order valence-electron chi connectivity index (χ2n) is 6.56. The number of ether oxygens (including phenoxy) is 1. The summed E-state index contributed by atoms with van der Waals surface area (Å²) in [6.07, 6.45) is 3.71. The molecule has 3 rings (SSSR count). The fourth-order valence-electron chi connectivity index (χ4n) is 2.57. The lowest BCUT2D eigenvalue weighted by molar-refractivity contribution is -0.118. The molecule has 0 fully saturated rings. The number of benzene rings is 1. The van der Waals surface area contributed by atoms with Gasteiger partial charge in [0, 0.05) is 19.9 Å². The molecule has 0 aliphatic rings. The molecule has 10 heteroatoms. The number of carbonyl (C=O) groups excluding carboxylic acids is 1. The summed E-state index contributed by atoms with van der Waals surface area (Å²) >= 11 is 2.97. The highest BCUT2D eigenvalue weighted by molar-refractivity contribution is 7.15. The van der Waals surface area contributed by atoms with Gasteiger partial charge in [-0.25, -0.2) is 0 Å². The lowest BCUT2D eigenvalue weighted by Crippen LogP contribution is -2.20. The second-order valence-corrected chi connectivity index (χ2v) is 8.69. The highest BCUT2D eigenvalue weighted by Crippen LogP contribution is 2.21. The zero-order valence-electron chi connectivity index (χ0n) is 16.7. The predicted molar refractivity (Wildman–Crippen MR) is 116 cm³/mol. The molecule has 0 aliphatic carbocycles. The molecular formula is C19H24N6O2S2. The SMILES string of the molecule is CNc1nnc(CCCCc2nnc(NC(=O)COc3cc(C)ccc3C)s2)s1. The van der Waals surface area contributed by atoms with Crippen molar-refractivity contribution >= 4 is 38.8 Å². The number of carbonyl (C=O) groups is 1. The minimum atomic E-state index is -0.245. The number of nitrogens with zero attached hydrogens (tertiary/aromatic N) is 4. The molecule has 0 saturated heterocycles. The van der Waals surface area contributed by atoms with Crippen LogP contribution in [0.3, 0.4) is 0 Å². The van der Waals surface area contributed by atoms with E-state index in [0.717, 1.165) is 57.7 Å². The first-order chi connectivity index (χ1) is 14.0. The Bertz CT molecular complexity index is 956. The first-order valence-electron chi connectivity index (χ1n) is 9.36. The normalized spacial score (nSPS) is 10.7. The van der Waals surface area contributed by atoms with Crippen LogP contribution in [0.2, 0.25) is 0 Å². The first-order valence-corrected chi connectivity index (χ1v) is 11.0. The largest absolute Gasteiger partial charge is 0.483 e. The monoisotopic (exact) mass is 432 g/mol. The Morgan fingerprint density at radius 3 is 2.31 bits per heavy atom. The minimum absolute atomic E-state index is 0.0599. The summed E-state index contributed by atoms with van der Waals surface area (Å²) in [6.45, 7) is 3.88. The Hall–Kier alpha value is -2.59. The molecule has 0 spiro atoms. The Morgan fingerprint density at radius 1 is 1.00 bits per heavy atom. The van der Waals surface area contributed by atoms with E-state index in [0.29, 0.717) is 5.13 Å². The fraction of sp³-hybridized carbons (Fsp3) is 0.421. The molecule has 0 atom stereocenters. The fourth-order valence-corrected chi connectivity index (χ4v) is 4.11. The molecular weight excluding hydrogens is 408 g/mol. The lowest BCUT2D eigenvalue weighted by Gasteiger charge is -2.09. The van der Waals surface area contributed by atoms with Gasteiger partial charge in [0.25, 0.3) is 5.91 Å². The average Bonchev–Trinajstić information content (AvgIpc) is 3.35. The third-order valence-corrected chi connectivity index (χ3v) is 6.03. The summed E-state index contributed by atoms with van der Waals surface area (Å²) in [5.74, 6) is 0.473. The zero-order valence-corrected chi connectivity index (χ0v) is 18.3. The van der Waals surface area contributed by atoms with E-state index in [1.807, 2.05) is 39.1 Å². The number of hydrogen-bond donors (Lipinski definition) is 2. The molecule has 0 aliphatic heterocycles. The van der Waals surface area contributed by atoms with Gasteiger partial charge in [0.05, 0.1) is 0 Å². The molecule has 3 aromatic rings. The molecule has 29 heavy (non-hydrogen) atoms. The van der Waals surface area contributed by atoms with E-state index in [1.165, 1.54) is 11.3 Å². The number of nitrogens with one attached hydrogen (secondary N) is 2. The van der Waals surface area contributed by atoms with Gasteiger partial charge in [-0.2, -0.15) is 0 Å². The highest BCUT2D eigenvalue weighted by atomic mass is 32.1. The van der Waals surface area contributed by atoms with Crippen LogP contribution in [0.5, 0.6) is 5.75 Å². The summed E-state index contributed by atoms with van der Waals surface area (Å²) in [7, 11) is 1.84. The van der Waals surface area contributed by atoms with Gasteiger partial charge < -0.3 is 10.1 Å². The van der Waals surface area contributed by atoms with Gasteiger partial charge >= 0.3 is 0 Å². The van der Waals surface area contributed by atoms with Crippen LogP contribution in [0.15, 0.2) is 18.2 Å². The highest BCUT2D eigenvalue weighted by Gasteiger charge is 2.10. The number of amides is 1. The molecule has 0 bridgehead atoms. The van der Waals surface area contributed by atoms with E-state index >= 15 is 0 Å². The van der Waals surface area contributed by atoms with Gasteiger partial charge in [-0.05, 0) is 43.9 Å². The smallest absolute Gasteiger partial charge is 0.264 e. The van der Waals surface area contributed by atoms with Gasteiger partial charge in [-0.3, -0.25) is 10.1 Å². The van der Waals surface area contributed by atoms with Crippen molar-refractivity contribution in [3.63, 3.8) is 0 Å². The van der Waals surface area contributed by atoms with Gasteiger partial charge in [0.15, 0.2) is 6.61 Å². The second kappa shape index (κ2) is 10.3. The van der Waals surface area contributed by atoms with Gasteiger partial charge in [0.2, 0.25) is 10.3 Å². The summed E-state index contributed by atoms with van der Waals surface area (Å²) < 4.78 is 5.62. The quantitative estimate of drug-likeness (QED) is 0.472. The number of hydrogen-bond acceptors (Lipinski definition) is 9. The van der Waals surface area contributed by atoms with Crippen molar-refractivity contribution in [1.82, 2.24) is 20.4 Å². The van der Waals surface area contributed by atoms with Crippen LogP contribution < -0.4 is 15.4 Å². The molecule has 2 aromatic heterocycles. The number of aromatic nitrogens is 4. The molecule has 8 nitrogen and oxygen atoms in total. The van der Waals surface area contributed by atoms with Crippen LogP contribution in [-0.4, -0.2) is 40.0 Å². The van der Waals surface area contributed by atoms with Crippen molar-refractivity contribution in [2.75, 3.05) is 24.3 Å². The van der Waals surface area contributed by atoms with Gasteiger partial charge in [0.1, 0.15) is 15.8 Å². The number of aryl methyl sites for hydroxylation is 4. The maximum Gasteiger partial charge on any atom is 0.264 e. The lowest BCUT2D eigenvalue weighted by atomic mass is 10.1. The topological polar surface area (TPSA) is 102 Å². The summed E-state index contributed by atoms with van der Waals surface area (Å²) in [5.41, 5.74) is 2.09. The standard InChI is InChI=1S/C19H24N6O2S2/c1-12-8-9-13(2)14(10-12)27-11-15(26)21-19-25-23-17(29-19)7-5-4-6-16-22-24-18(20-3)28-16/h8-10H,4-7,11H2,1-3H3,(H,20,24)(H,21,25,26). The molecule has 2 N–H and O–H groups in total. The average molecular weight is 433 g/mol. The molecule has 0 radical (unpaired) electrons. The third-order valence-electron chi connectivity index (χ3n) is 4.13. The van der Waals surface area contributed by atoms with Crippen molar-refractivity contribution in [2.24, 2.45) is 0 Å². The number of rotatable bonds is 10. The van der Waals surface area contributed by atoms with E-state index in [2.05, 4.69) is 31.0 Å². The molecule has 1 amide bonds. The Kier molecular flexibility index (Phi) is 7.48.